The van der Waals surface area contributed by atoms with Gasteiger partial charge in [0.05, 0.1) is 10.5 Å². The SMILES string of the molecule is NNC(Cc1ccc(F)c(Br)c1)c1cc(Br)ccc1N. The molecular weight excluding hydrogens is 389 g/mol. The first-order chi connectivity index (χ1) is 9.51. The minimum atomic E-state index is -0.284. The lowest BCUT2D eigenvalue weighted by Crippen LogP contribution is -2.30. The van der Waals surface area contributed by atoms with Crippen molar-refractivity contribution in [3.05, 3.63) is 62.3 Å². The zero-order valence-electron chi connectivity index (χ0n) is 10.5. The van der Waals surface area contributed by atoms with Gasteiger partial charge < -0.3 is 5.73 Å². The smallest absolute Gasteiger partial charge is 0.137 e. The van der Waals surface area contributed by atoms with Gasteiger partial charge in [0, 0.05) is 10.2 Å². The third-order valence-electron chi connectivity index (χ3n) is 3.05. The molecule has 0 bridgehead atoms. The van der Waals surface area contributed by atoms with E-state index in [1.807, 2.05) is 18.2 Å². The molecule has 3 nitrogen and oxygen atoms in total. The number of nitrogens with one attached hydrogen (secondary N) is 1. The standard InChI is InChI=1S/C14H14Br2FN3/c15-9-2-4-13(18)10(7-9)14(20-19)6-8-1-3-12(17)11(16)5-8/h1-5,7,14,20H,6,18-19H2. The summed E-state index contributed by atoms with van der Waals surface area (Å²) in [6, 6.07) is 10.4. The van der Waals surface area contributed by atoms with E-state index in [1.54, 1.807) is 12.1 Å². The Balaban J connectivity index is 2.28. The van der Waals surface area contributed by atoms with Gasteiger partial charge in [0.1, 0.15) is 5.82 Å². The molecule has 0 amide bonds. The van der Waals surface area contributed by atoms with E-state index in [1.165, 1.54) is 6.07 Å². The van der Waals surface area contributed by atoms with Gasteiger partial charge in [-0.1, -0.05) is 22.0 Å². The molecule has 0 aliphatic rings. The largest absolute Gasteiger partial charge is 0.398 e. The van der Waals surface area contributed by atoms with Gasteiger partial charge in [-0.05, 0) is 63.8 Å². The molecule has 0 saturated carbocycles. The summed E-state index contributed by atoms with van der Waals surface area (Å²) < 4.78 is 14.6. The molecule has 1 unspecified atom stereocenters. The second kappa shape index (κ2) is 6.67. The average molecular weight is 403 g/mol. The summed E-state index contributed by atoms with van der Waals surface area (Å²) in [7, 11) is 0. The van der Waals surface area contributed by atoms with E-state index in [-0.39, 0.29) is 11.9 Å². The quantitative estimate of drug-likeness (QED) is 0.415. The minimum absolute atomic E-state index is 0.148. The fourth-order valence-electron chi connectivity index (χ4n) is 2.01. The Morgan fingerprint density at radius 2 is 1.90 bits per heavy atom. The topological polar surface area (TPSA) is 64.1 Å². The molecule has 0 aromatic heterocycles. The van der Waals surface area contributed by atoms with E-state index in [0.717, 1.165) is 15.6 Å². The third-order valence-corrected chi connectivity index (χ3v) is 4.15. The molecule has 6 heteroatoms. The van der Waals surface area contributed by atoms with Gasteiger partial charge in [0.25, 0.3) is 0 Å². The summed E-state index contributed by atoms with van der Waals surface area (Å²) >= 11 is 6.60. The van der Waals surface area contributed by atoms with E-state index in [0.29, 0.717) is 16.6 Å². The highest BCUT2D eigenvalue weighted by Crippen LogP contribution is 2.27. The first-order valence-electron chi connectivity index (χ1n) is 5.96. The van der Waals surface area contributed by atoms with Gasteiger partial charge in [-0.25, -0.2) is 4.39 Å². The second-order valence-electron chi connectivity index (χ2n) is 4.45. The van der Waals surface area contributed by atoms with Gasteiger partial charge in [0.2, 0.25) is 0 Å². The fourth-order valence-corrected chi connectivity index (χ4v) is 2.81. The number of anilines is 1. The van der Waals surface area contributed by atoms with Crippen molar-refractivity contribution in [3.63, 3.8) is 0 Å². The molecule has 0 aliphatic heterocycles. The second-order valence-corrected chi connectivity index (χ2v) is 6.22. The maximum atomic E-state index is 13.2. The summed E-state index contributed by atoms with van der Waals surface area (Å²) in [6.45, 7) is 0. The molecule has 0 saturated heterocycles. The van der Waals surface area contributed by atoms with Crippen LogP contribution < -0.4 is 17.0 Å². The van der Waals surface area contributed by atoms with Crippen LogP contribution in [0, 0.1) is 5.82 Å². The van der Waals surface area contributed by atoms with Gasteiger partial charge in [0.15, 0.2) is 0 Å². The molecular formula is C14H14Br2FN3. The Hall–Kier alpha value is -0.950. The van der Waals surface area contributed by atoms with Crippen LogP contribution >= 0.6 is 31.9 Å². The average Bonchev–Trinajstić information content (AvgIpc) is 2.43. The molecule has 1 atom stereocenters. The fraction of sp³-hybridized carbons (Fsp3) is 0.143. The van der Waals surface area contributed by atoms with Crippen LogP contribution in [0.25, 0.3) is 0 Å². The van der Waals surface area contributed by atoms with Crippen LogP contribution in [0.3, 0.4) is 0 Å². The van der Waals surface area contributed by atoms with Gasteiger partial charge in [-0.2, -0.15) is 0 Å². The van der Waals surface area contributed by atoms with Crippen molar-refractivity contribution in [2.75, 3.05) is 5.73 Å². The highest BCUT2D eigenvalue weighted by molar-refractivity contribution is 9.10. The summed E-state index contributed by atoms with van der Waals surface area (Å²) in [5, 5.41) is 0. The van der Waals surface area contributed by atoms with Crippen LogP contribution in [0.4, 0.5) is 10.1 Å². The number of halogens is 3. The number of nitrogen functional groups attached to an aromatic ring is 1. The van der Waals surface area contributed by atoms with E-state index >= 15 is 0 Å². The van der Waals surface area contributed by atoms with Crippen molar-refractivity contribution in [1.29, 1.82) is 0 Å². The molecule has 5 N–H and O–H groups in total. The predicted molar refractivity (Wildman–Crippen MR) is 86.4 cm³/mol. The number of nitrogens with two attached hydrogens (primary N) is 2. The van der Waals surface area contributed by atoms with Crippen LogP contribution in [0.1, 0.15) is 17.2 Å². The van der Waals surface area contributed by atoms with Gasteiger partial charge in [-0.3, -0.25) is 11.3 Å². The molecule has 20 heavy (non-hydrogen) atoms. The molecule has 0 heterocycles. The maximum absolute atomic E-state index is 13.2. The minimum Gasteiger partial charge on any atom is -0.398 e. The normalized spacial score (nSPS) is 12.4. The number of benzene rings is 2. The van der Waals surface area contributed by atoms with Crippen LogP contribution in [0.15, 0.2) is 45.3 Å². The Morgan fingerprint density at radius 3 is 2.55 bits per heavy atom. The molecule has 0 fully saturated rings. The summed E-state index contributed by atoms with van der Waals surface area (Å²) in [5.74, 6) is 5.35. The number of hydrogen-bond acceptors (Lipinski definition) is 3. The van der Waals surface area contributed by atoms with E-state index in [2.05, 4.69) is 37.3 Å². The summed E-state index contributed by atoms with van der Waals surface area (Å²) in [6.07, 6.45) is 0.607. The molecule has 0 radical (unpaired) electrons. The van der Waals surface area contributed by atoms with Crippen molar-refractivity contribution >= 4 is 37.5 Å². The Bertz CT molecular complexity index is 619. The lowest BCUT2D eigenvalue weighted by molar-refractivity contribution is 0.551. The van der Waals surface area contributed by atoms with Crippen molar-refractivity contribution in [2.24, 2.45) is 5.84 Å². The van der Waals surface area contributed by atoms with E-state index in [9.17, 15) is 4.39 Å². The van der Waals surface area contributed by atoms with Crippen molar-refractivity contribution in [2.45, 2.75) is 12.5 Å². The lowest BCUT2D eigenvalue weighted by atomic mass is 9.98. The Kier molecular flexibility index (Phi) is 5.15. The summed E-state index contributed by atoms with van der Waals surface area (Å²) in [4.78, 5) is 0. The van der Waals surface area contributed by atoms with Crippen LogP contribution in [-0.4, -0.2) is 0 Å². The first kappa shape index (κ1) is 15.4. The maximum Gasteiger partial charge on any atom is 0.137 e. The monoisotopic (exact) mass is 401 g/mol. The molecule has 2 aromatic carbocycles. The third kappa shape index (κ3) is 3.58. The molecule has 2 aromatic rings. The zero-order valence-corrected chi connectivity index (χ0v) is 13.7. The Morgan fingerprint density at radius 1 is 1.15 bits per heavy atom. The number of rotatable bonds is 4. The van der Waals surface area contributed by atoms with Gasteiger partial charge in [-0.15, -0.1) is 0 Å². The Labute approximate surface area is 133 Å². The van der Waals surface area contributed by atoms with Crippen molar-refractivity contribution < 1.29 is 4.39 Å². The molecule has 2 rings (SSSR count). The van der Waals surface area contributed by atoms with Gasteiger partial charge >= 0.3 is 0 Å². The number of hydrogen-bond donors (Lipinski definition) is 3. The van der Waals surface area contributed by atoms with Crippen molar-refractivity contribution in [1.82, 2.24) is 5.43 Å². The lowest BCUT2D eigenvalue weighted by Gasteiger charge is -2.19. The number of hydrazine groups is 1. The van der Waals surface area contributed by atoms with Crippen LogP contribution in [-0.2, 0) is 6.42 Å². The van der Waals surface area contributed by atoms with Crippen LogP contribution in [0.5, 0.6) is 0 Å². The summed E-state index contributed by atoms with van der Waals surface area (Å²) in [5.41, 5.74) is 11.3. The molecule has 0 aliphatic carbocycles. The molecule has 106 valence electrons. The highest BCUT2D eigenvalue weighted by Gasteiger charge is 2.15. The highest BCUT2D eigenvalue weighted by atomic mass is 79.9. The predicted octanol–water partition coefficient (Wildman–Crippen LogP) is 3.68. The van der Waals surface area contributed by atoms with E-state index in [4.69, 9.17) is 11.6 Å². The zero-order chi connectivity index (χ0) is 14.7. The molecule has 0 spiro atoms. The van der Waals surface area contributed by atoms with E-state index < -0.39 is 0 Å². The van der Waals surface area contributed by atoms with Crippen LogP contribution in [0.2, 0.25) is 0 Å². The van der Waals surface area contributed by atoms with Crippen molar-refractivity contribution in [3.8, 4) is 0 Å². The first-order valence-corrected chi connectivity index (χ1v) is 7.55.